The zero-order chi connectivity index (χ0) is 31.6. The van der Waals surface area contributed by atoms with Gasteiger partial charge in [0.15, 0.2) is 0 Å². The van der Waals surface area contributed by atoms with Gasteiger partial charge in [-0.25, -0.2) is 0 Å². The zero-order valence-electron chi connectivity index (χ0n) is 26.2. The van der Waals surface area contributed by atoms with Crippen molar-refractivity contribution in [3.63, 3.8) is 0 Å². The Morgan fingerprint density at radius 3 is 1.50 bits per heavy atom. The van der Waals surface area contributed by atoms with Crippen molar-refractivity contribution in [3.8, 4) is 66.8 Å². The minimum Gasteiger partial charge on any atom is -0.256 e. The molecule has 48 heavy (non-hydrogen) atoms. The Balaban J connectivity index is 1.20. The monoisotopic (exact) mass is 607 g/mol. The Kier molecular flexibility index (Phi) is 5.94. The van der Waals surface area contributed by atoms with Crippen LogP contribution in [0.25, 0.3) is 99.2 Å². The van der Waals surface area contributed by atoms with Crippen LogP contribution in [0.5, 0.6) is 0 Å². The molecular formula is C47H29N. The highest BCUT2D eigenvalue weighted by molar-refractivity contribution is 6.24. The van der Waals surface area contributed by atoms with Gasteiger partial charge in [0, 0.05) is 17.0 Å². The predicted octanol–water partition coefficient (Wildman–Crippen LogP) is 12.9. The van der Waals surface area contributed by atoms with Crippen molar-refractivity contribution in [2.24, 2.45) is 0 Å². The van der Waals surface area contributed by atoms with E-state index in [1.165, 1.54) is 93.7 Å². The number of fused-ring (bicyclic) bond motifs is 14. The van der Waals surface area contributed by atoms with Gasteiger partial charge in [0.1, 0.15) is 0 Å². The van der Waals surface area contributed by atoms with Gasteiger partial charge in [-0.05, 0) is 101 Å². The Hall–Kier alpha value is -6.31. The molecule has 8 aromatic carbocycles. The molecule has 1 aromatic heterocycles. The summed E-state index contributed by atoms with van der Waals surface area (Å²) in [6, 6.07) is 62.2. The van der Waals surface area contributed by atoms with Crippen LogP contribution in [0, 0.1) is 0 Å². The van der Waals surface area contributed by atoms with Crippen LogP contribution in [-0.2, 0) is 0 Å². The number of benzene rings is 8. The lowest BCUT2D eigenvalue weighted by Crippen LogP contribution is -1.98. The van der Waals surface area contributed by atoms with Gasteiger partial charge >= 0.3 is 0 Å². The third-order valence-electron chi connectivity index (χ3n) is 10.1. The number of hydrogen-bond donors (Lipinski definition) is 0. The molecule has 10 rings (SSSR count). The largest absolute Gasteiger partial charge is 0.256 e. The van der Waals surface area contributed by atoms with E-state index >= 15 is 0 Å². The summed E-state index contributed by atoms with van der Waals surface area (Å²) in [5.74, 6) is 0. The van der Waals surface area contributed by atoms with Crippen LogP contribution in [0.1, 0.15) is 0 Å². The van der Waals surface area contributed by atoms with E-state index in [0.29, 0.717) is 0 Å². The molecule has 0 amide bonds. The maximum atomic E-state index is 4.82. The van der Waals surface area contributed by atoms with Gasteiger partial charge in [0.25, 0.3) is 0 Å². The van der Waals surface area contributed by atoms with Crippen LogP contribution in [0.2, 0.25) is 0 Å². The third-order valence-corrected chi connectivity index (χ3v) is 10.1. The summed E-state index contributed by atoms with van der Waals surface area (Å²) < 4.78 is 0. The smallest absolute Gasteiger partial charge is 0.0786 e. The molecule has 0 saturated heterocycles. The fraction of sp³-hybridized carbons (Fsp3) is 0. The average molecular weight is 608 g/mol. The minimum absolute atomic E-state index is 1.05. The first-order valence-electron chi connectivity index (χ1n) is 16.5. The molecule has 0 fully saturated rings. The van der Waals surface area contributed by atoms with Gasteiger partial charge in [0.05, 0.1) is 5.52 Å². The summed E-state index contributed by atoms with van der Waals surface area (Å²) >= 11 is 0. The standard InChI is InChI=1S/C47H29N/c1-2-15-35-34(14-1)36-16-3-4-17-38(36)42-23-10-22-33(46(42)41-20-7-5-18-37(35)41)32-13-9-12-30(28-32)31-25-26-40-39-19-6-8-21-43(39)47-44(45(40)29-31)24-11-27-48-47/h1-29H. The van der Waals surface area contributed by atoms with E-state index in [2.05, 4.69) is 164 Å². The first kappa shape index (κ1) is 26.9. The molecule has 1 aliphatic rings. The second kappa shape index (κ2) is 10.6. The molecule has 0 radical (unpaired) electrons. The van der Waals surface area contributed by atoms with E-state index < -0.39 is 0 Å². The zero-order valence-corrected chi connectivity index (χ0v) is 26.2. The number of hydrogen-bond acceptors (Lipinski definition) is 1. The maximum Gasteiger partial charge on any atom is 0.0786 e. The van der Waals surface area contributed by atoms with Gasteiger partial charge in [-0.1, -0.05) is 152 Å². The molecule has 0 unspecified atom stereocenters. The molecule has 0 bridgehead atoms. The summed E-state index contributed by atoms with van der Waals surface area (Å²) in [5, 5.41) is 6.10. The maximum absolute atomic E-state index is 4.82. The molecule has 0 atom stereocenters. The fourth-order valence-electron chi connectivity index (χ4n) is 7.96. The normalized spacial score (nSPS) is 11.8. The van der Waals surface area contributed by atoms with E-state index in [-0.39, 0.29) is 0 Å². The molecule has 0 N–H and O–H groups in total. The van der Waals surface area contributed by atoms with Gasteiger partial charge in [-0.2, -0.15) is 0 Å². The molecule has 1 nitrogen and oxygen atoms in total. The lowest BCUT2D eigenvalue weighted by atomic mass is 9.78. The van der Waals surface area contributed by atoms with Crippen molar-refractivity contribution in [2.75, 3.05) is 0 Å². The SMILES string of the molecule is c1cc(-c2ccc3c4ccccc4c4ncccc4c3c2)cc(-c2cccc3c2-c2ccccc2-c2ccccc2-c2ccccc2-3)c1. The van der Waals surface area contributed by atoms with Gasteiger partial charge in [-0.15, -0.1) is 0 Å². The number of rotatable bonds is 2. The predicted molar refractivity (Wildman–Crippen MR) is 203 cm³/mol. The molecule has 0 spiro atoms. The van der Waals surface area contributed by atoms with Crippen LogP contribution in [-0.4, -0.2) is 4.98 Å². The quantitative estimate of drug-likeness (QED) is 0.178. The minimum atomic E-state index is 1.05. The van der Waals surface area contributed by atoms with E-state index in [1.807, 2.05) is 12.3 Å². The summed E-state index contributed by atoms with van der Waals surface area (Å²) in [6.45, 7) is 0. The second-order valence-corrected chi connectivity index (χ2v) is 12.7. The third kappa shape index (κ3) is 4.01. The van der Waals surface area contributed by atoms with Gasteiger partial charge < -0.3 is 0 Å². The van der Waals surface area contributed by atoms with Crippen LogP contribution >= 0.6 is 0 Å². The van der Waals surface area contributed by atoms with E-state index in [9.17, 15) is 0 Å². The van der Waals surface area contributed by atoms with E-state index in [4.69, 9.17) is 4.98 Å². The molecule has 0 saturated carbocycles. The second-order valence-electron chi connectivity index (χ2n) is 12.7. The Bertz CT molecular complexity index is 2690. The molecule has 0 aliphatic heterocycles. The summed E-state index contributed by atoms with van der Waals surface area (Å²) in [6.07, 6.45) is 1.90. The molecular weight excluding hydrogens is 579 g/mol. The van der Waals surface area contributed by atoms with Crippen LogP contribution < -0.4 is 0 Å². The van der Waals surface area contributed by atoms with Gasteiger partial charge in [-0.3, -0.25) is 4.98 Å². The number of nitrogens with zero attached hydrogens (tertiary/aromatic N) is 1. The molecule has 1 heteroatoms. The van der Waals surface area contributed by atoms with Crippen molar-refractivity contribution in [1.82, 2.24) is 4.98 Å². The first-order valence-corrected chi connectivity index (χ1v) is 16.5. The molecule has 1 aliphatic carbocycles. The highest BCUT2D eigenvalue weighted by atomic mass is 14.6. The first-order chi connectivity index (χ1) is 23.8. The van der Waals surface area contributed by atoms with Crippen molar-refractivity contribution in [1.29, 1.82) is 0 Å². The Labute approximate surface area is 279 Å². The van der Waals surface area contributed by atoms with Gasteiger partial charge in [0.2, 0.25) is 0 Å². The molecule has 1 heterocycles. The van der Waals surface area contributed by atoms with E-state index in [1.54, 1.807) is 0 Å². The highest BCUT2D eigenvalue weighted by Crippen LogP contribution is 2.50. The fourth-order valence-corrected chi connectivity index (χ4v) is 7.96. The lowest BCUT2D eigenvalue weighted by Gasteiger charge is -2.25. The summed E-state index contributed by atoms with van der Waals surface area (Å²) in [7, 11) is 0. The van der Waals surface area contributed by atoms with Crippen LogP contribution in [0.4, 0.5) is 0 Å². The van der Waals surface area contributed by atoms with Crippen molar-refractivity contribution in [2.45, 2.75) is 0 Å². The molecule has 222 valence electrons. The number of aromatic nitrogens is 1. The van der Waals surface area contributed by atoms with Crippen molar-refractivity contribution in [3.05, 3.63) is 176 Å². The summed E-state index contributed by atoms with van der Waals surface area (Å²) in [4.78, 5) is 4.82. The molecule has 9 aromatic rings. The number of pyridine rings is 1. The topological polar surface area (TPSA) is 12.9 Å². The highest BCUT2D eigenvalue weighted by Gasteiger charge is 2.24. The van der Waals surface area contributed by atoms with Crippen molar-refractivity contribution < 1.29 is 0 Å². The van der Waals surface area contributed by atoms with Crippen LogP contribution in [0.15, 0.2) is 176 Å². The Morgan fingerprint density at radius 1 is 0.271 bits per heavy atom. The Morgan fingerprint density at radius 2 is 0.750 bits per heavy atom. The average Bonchev–Trinajstić information content (AvgIpc) is 3.17. The summed E-state index contributed by atoms with van der Waals surface area (Å²) in [5.41, 5.74) is 16.0. The van der Waals surface area contributed by atoms with E-state index in [0.717, 1.165) is 5.52 Å². The lowest BCUT2D eigenvalue weighted by molar-refractivity contribution is 1.43. The van der Waals surface area contributed by atoms with Crippen molar-refractivity contribution >= 4 is 32.4 Å². The van der Waals surface area contributed by atoms with Crippen LogP contribution in [0.3, 0.4) is 0 Å².